The van der Waals surface area contributed by atoms with Crippen LogP contribution in [0.25, 0.3) is 11.2 Å². The second-order valence-electron chi connectivity index (χ2n) is 6.54. The molecule has 2 heterocycles. The molecule has 1 aromatic carbocycles. The first kappa shape index (κ1) is 17.5. The maximum atomic E-state index is 13.8. The quantitative estimate of drug-likeness (QED) is 0.556. The van der Waals surface area contributed by atoms with Crippen LogP contribution in [-0.2, 0) is 0 Å². The van der Waals surface area contributed by atoms with Gasteiger partial charge in [-0.3, -0.25) is 0 Å². The predicted molar refractivity (Wildman–Crippen MR) is 93.2 cm³/mol. The monoisotopic (exact) mass is 378 g/mol. The van der Waals surface area contributed by atoms with Crippen LogP contribution in [0, 0.1) is 17.5 Å². The van der Waals surface area contributed by atoms with E-state index in [0.29, 0.717) is 29.2 Å². The average molecular weight is 378 g/mol. The number of aliphatic hydroxyl groups is 1. The highest BCUT2D eigenvalue weighted by molar-refractivity contribution is 5.75. The molecule has 0 spiro atoms. The minimum Gasteiger partial charge on any atom is -0.393 e. The number of imidazole rings is 1. The molecule has 1 aliphatic carbocycles. The van der Waals surface area contributed by atoms with Crippen LogP contribution >= 0.6 is 0 Å². The van der Waals surface area contributed by atoms with Gasteiger partial charge in [0.15, 0.2) is 17.3 Å². The normalized spacial score (nSPS) is 20.0. The van der Waals surface area contributed by atoms with Gasteiger partial charge in [-0.1, -0.05) is 0 Å². The van der Waals surface area contributed by atoms with Gasteiger partial charge < -0.3 is 20.7 Å². The first-order valence-electron chi connectivity index (χ1n) is 8.57. The molecule has 2 aromatic heterocycles. The molecule has 0 bridgehead atoms. The number of nitrogens with one attached hydrogen (secondary N) is 3. The Kier molecular flexibility index (Phi) is 4.56. The summed E-state index contributed by atoms with van der Waals surface area (Å²) < 4.78 is 40.5. The van der Waals surface area contributed by atoms with E-state index in [2.05, 4.69) is 30.6 Å². The maximum Gasteiger partial charge on any atom is 0.225 e. The molecular weight excluding hydrogens is 361 g/mol. The Labute approximate surface area is 152 Å². The Hall–Kier alpha value is -2.88. The third-order valence-electron chi connectivity index (χ3n) is 4.52. The number of benzene rings is 1. The van der Waals surface area contributed by atoms with Crippen LogP contribution in [0.1, 0.15) is 25.7 Å². The molecule has 0 saturated heterocycles. The van der Waals surface area contributed by atoms with E-state index in [4.69, 9.17) is 0 Å². The minimum absolute atomic E-state index is 0.0571. The molecule has 4 rings (SSSR count). The van der Waals surface area contributed by atoms with Crippen molar-refractivity contribution < 1.29 is 18.3 Å². The van der Waals surface area contributed by atoms with Crippen LogP contribution in [0.5, 0.6) is 0 Å². The Morgan fingerprint density at radius 2 is 1.74 bits per heavy atom. The molecule has 1 fully saturated rings. The highest BCUT2D eigenvalue weighted by Gasteiger charge is 2.20. The summed E-state index contributed by atoms with van der Waals surface area (Å²) in [5.74, 6) is -2.69. The van der Waals surface area contributed by atoms with Crippen LogP contribution in [0.15, 0.2) is 18.3 Å². The molecule has 1 aliphatic rings. The lowest BCUT2D eigenvalue weighted by atomic mass is 9.93. The zero-order valence-corrected chi connectivity index (χ0v) is 14.1. The molecule has 4 N–H and O–H groups in total. The van der Waals surface area contributed by atoms with E-state index in [1.807, 2.05) is 0 Å². The molecule has 7 nitrogen and oxygen atoms in total. The summed E-state index contributed by atoms with van der Waals surface area (Å²) in [4.78, 5) is 15.5. The van der Waals surface area contributed by atoms with Crippen molar-refractivity contribution in [3.8, 4) is 0 Å². The lowest BCUT2D eigenvalue weighted by molar-refractivity contribution is 0.126. The second kappa shape index (κ2) is 7.03. The van der Waals surface area contributed by atoms with Crippen LogP contribution in [-0.4, -0.2) is 37.2 Å². The van der Waals surface area contributed by atoms with Crippen LogP contribution < -0.4 is 10.6 Å². The van der Waals surface area contributed by atoms with Gasteiger partial charge in [0.1, 0.15) is 17.0 Å². The standard InChI is InChI=1S/C17H17F3N6O/c18-8-5-11(19)14(12(20)6-8)24-17-23-13-7-21-16(25-15(13)26-17)22-9-1-3-10(27)4-2-9/h5-7,9-10,27H,1-4H2,(H3,21,22,23,24,25,26). The van der Waals surface area contributed by atoms with E-state index in [-0.39, 0.29) is 18.1 Å². The van der Waals surface area contributed by atoms with Gasteiger partial charge in [0, 0.05) is 18.2 Å². The smallest absolute Gasteiger partial charge is 0.225 e. The van der Waals surface area contributed by atoms with Crippen molar-refractivity contribution in [2.24, 2.45) is 0 Å². The van der Waals surface area contributed by atoms with Gasteiger partial charge in [-0.25, -0.2) is 18.2 Å². The minimum atomic E-state index is -1.07. The molecule has 0 radical (unpaired) electrons. The van der Waals surface area contributed by atoms with E-state index >= 15 is 0 Å². The summed E-state index contributed by atoms with van der Waals surface area (Å²) in [7, 11) is 0. The first-order valence-corrected chi connectivity index (χ1v) is 8.57. The molecule has 0 unspecified atom stereocenters. The van der Waals surface area contributed by atoms with Crippen LogP contribution in [0.2, 0.25) is 0 Å². The molecule has 3 aromatic rings. The van der Waals surface area contributed by atoms with Gasteiger partial charge in [-0.2, -0.15) is 9.97 Å². The average Bonchev–Trinajstić information content (AvgIpc) is 3.02. The van der Waals surface area contributed by atoms with Crippen molar-refractivity contribution in [1.29, 1.82) is 0 Å². The van der Waals surface area contributed by atoms with Crippen LogP contribution in [0.4, 0.5) is 30.8 Å². The largest absolute Gasteiger partial charge is 0.393 e. The van der Waals surface area contributed by atoms with E-state index < -0.39 is 23.1 Å². The fourth-order valence-corrected chi connectivity index (χ4v) is 3.12. The Balaban J connectivity index is 1.53. The SMILES string of the molecule is OC1CCC(Nc2ncc3[nH]c(Nc4c(F)cc(F)cc4F)nc3n2)CC1. The predicted octanol–water partition coefficient (Wildman–Crippen LogP) is 3.23. The van der Waals surface area contributed by atoms with Crippen molar-refractivity contribution in [2.75, 3.05) is 10.6 Å². The number of fused-ring (bicyclic) bond motifs is 1. The number of nitrogens with zero attached hydrogens (tertiary/aromatic N) is 3. The van der Waals surface area contributed by atoms with E-state index in [0.717, 1.165) is 25.7 Å². The Bertz CT molecular complexity index is 947. The van der Waals surface area contributed by atoms with E-state index in [9.17, 15) is 18.3 Å². The lowest BCUT2D eigenvalue weighted by Crippen LogP contribution is -2.28. The number of hydrogen-bond donors (Lipinski definition) is 4. The van der Waals surface area contributed by atoms with E-state index in [1.165, 1.54) is 6.20 Å². The fraction of sp³-hybridized carbons (Fsp3) is 0.353. The van der Waals surface area contributed by atoms with Crippen molar-refractivity contribution >= 4 is 28.7 Å². The van der Waals surface area contributed by atoms with Crippen molar-refractivity contribution in [2.45, 2.75) is 37.8 Å². The number of aromatic nitrogens is 4. The van der Waals surface area contributed by atoms with Crippen molar-refractivity contribution in [3.63, 3.8) is 0 Å². The zero-order valence-electron chi connectivity index (χ0n) is 14.1. The van der Waals surface area contributed by atoms with Gasteiger partial charge in [0.05, 0.1) is 12.3 Å². The molecule has 0 atom stereocenters. The molecule has 142 valence electrons. The molecule has 1 saturated carbocycles. The number of aromatic amines is 1. The summed E-state index contributed by atoms with van der Waals surface area (Å²) in [6.07, 6.45) is 4.35. The molecule has 10 heteroatoms. The molecular formula is C17H17F3N6O. The van der Waals surface area contributed by atoms with Crippen molar-refractivity contribution in [3.05, 3.63) is 35.8 Å². The van der Waals surface area contributed by atoms with Gasteiger partial charge in [0.2, 0.25) is 11.9 Å². The van der Waals surface area contributed by atoms with Crippen molar-refractivity contribution in [1.82, 2.24) is 19.9 Å². The summed E-state index contributed by atoms with van der Waals surface area (Å²) in [5.41, 5.74) is 0.279. The van der Waals surface area contributed by atoms with Gasteiger partial charge in [-0.05, 0) is 25.7 Å². The van der Waals surface area contributed by atoms with Crippen LogP contribution in [0.3, 0.4) is 0 Å². The number of rotatable bonds is 4. The fourth-order valence-electron chi connectivity index (χ4n) is 3.12. The second-order valence-corrected chi connectivity index (χ2v) is 6.54. The Morgan fingerprint density at radius 3 is 2.44 bits per heavy atom. The van der Waals surface area contributed by atoms with Gasteiger partial charge in [0.25, 0.3) is 0 Å². The molecule has 0 aliphatic heterocycles. The highest BCUT2D eigenvalue weighted by atomic mass is 19.1. The lowest BCUT2D eigenvalue weighted by Gasteiger charge is -2.25. The van der Waals surface area contributed by atoms with Gasteiger partial charge >= 0.3 is 0 Å². The van der Waals surface area contributed by atoms with Gasteiger partial charge in [-0.15, -0.1) is 0 Å². The number of H-pyrrole nitrogens is 1. The number of anilines is 3. The summed E-state index contributed by atoms with van der Waals surface area (Å²) in [6, 6.07) is 1.33. The third kappa shape index (κ3) is 3.80. The third-order valence-corrected chi connectivity index (χ3v) is 4.52. The molecule has 0 amide bonds. The number of halogens is 3. The highest BCUT2D eigenvalue weighted by Crippen LogP contribution is 2.25. The number of aliphatic hydroxyl groups excluding tert-OH is 1. The first-order chi connectivity index (χ1) is 13.0. The topological polar surface area (TPSA) is 98.8 Å². The number of hydrogen-bond acceptors (Lipinski definition) is 6. The van der Waals surface area contributed by atoms with E-state index in [1.54, 1.807) is 0 Å². The zero-order chi connectivity index (χ0) is 19.0. The summed E-state index contributed by atoms with van der Waals surface area (Å²) in [5, 5.41) is 15.2. The molecule has 27 heavy (non-hydrogen) atoms. The Morgan fingerprint density at radius 1 is 1.04 bits per heavy atom. The summed E-state index contributed by atoms with van der Waals surface area (Å²) in [6.45, 7) is 0. The maximum absolute atomic E-state index is 13.8. The summed E-state index contributed by atoms with van der Waals surface area (Å²) >= 11 is 0.